The Balaban J connectivity index is -0.000000320. The standard InChI is InChI=1S/H4O7P2.2Sr/c1-8(2,3)7-9(4,5)6;;/h(H2,1,2,3)(H2,4,5,6);;/q;2*+2. The molecule has 0 unspecified atom stereocenters. The molecule has 0 aliphatic heterocycles. The molecule has 56 valence electrons. The molecular formula is H4O7P2Sr2+4. The van der Waals surface area contributed by atoms with Gasteiger partial charge < -0.3 is 19.6 Å². The largest absolute Gasteiger partial charge is 2.00 e. The third-order valence-electron chi connectivity index (χ3n) is 0.213. The van der Waals surface area contributed by atoms with Crippen molar-refractivity contribution in [2.24, 2.45) is 0 Å². The third-order valence-corrected chi connectivity index (χ3v) is 1.91. The van der Waals surface area contributed by atoms with Gasteiger partial charge in [-0.1, -0.05) is 0 Å². The van der Waals surface area contributed by atoms with Crippen molar-refractivity contribution < 1.29 is 33.0 Å². The van der Waals surface area contributed by atoms with E-state index in [1.54, 1.807) is 0 Å². The molecule has 7 nitrogen and oxygen atoms in total. The molecule has 0 aromatic carbocycles. The van der Waals surface area contributed by atoms with Crippen molar-refractivity contribution in [3.63, 3.8) is 0 Å². The summed E-state index contributed by atoms with van der Waals surface area (Å²) < 4.78 is 22.2. The van der Waals surface area contributed by atoms with Gasteiger partial charge in [0.25, 0.3) is 0 Å². The molecule has 0 amide bonds. The minimum Gasteiger partial charge on any atom is -0.302 e. The van der Waals surface area contributed by atoms with Gasteiger partial charge in [0.15, 0.2) is 0 Å². The van der Waals surface area contributed by atoms with E-state index in [1.807, 2.05) is 0 Å². The number of hydrogen-bond acceptors (Lipinski definition) is 3. The van der Waals surface area contributed by atoms with Crippen LogP contribution >= 0.6 is 15.6 Å². The molecule has 0 rings (SSSR count). The van der Waals surface area contributed by atoms with Gasteiger partial charge in [0, 0.05) is 0 Å². The second-order valence-electron chi connectivity index (χ2n) is 1.06. The van der Waals surface area contributed by atoms with Gasteiger partial charge in [-0.25, -0.2) is 9.13 Å². The molecule has 4 N–H and O–H groups in total. The van der Waals surface area contributed by atoms with Gasteiger partial charge >= 0.3 is 107 Å². The van der Waals surface area contributed by atoms with E-state index in [-0.39, 0.29) is 91.0 Å². The van der Waals surface area contributed by atoms with Crippen molar-refractivity contribution in [1.82, 2.24) is 0 Å². The molecule has 0 spiro atoms. The predicted octanol–water partition coefficient (Wildman–Crippen LogP) is -1.57. The SMILES string of the molecule is O=P(O)(O)OP(=O)(O)O.[Sr+2].[Sr+2]. The summed E-state index contributed by atoms with van der Waals surface area (Å²) in [6.07, 6.45) is 0. The summed E-state index contributed by atoms with van der Waals surface area (Å²) in [4.78, 5) is 31.0. The van der Waals surface area contributed by atoms with E-state index < -0.39 is 15.6 Å². The molecule has 0 aromatic heterocycles. The second kappa shape index (κ2) is 7.50. The maximum Gasteiger partial charge on any atom is 2.00 e. The van der Waals surface area contributed by atoms with E-state index in [2.05, 4.69) is 4.31 Å². The first-order chi connectivity index (χ1) is 3.71. The first kappa shape index (κ1) is 19.7. The summed E-state index contributed by atoms with van der Waals surface area (Å²) in [7, 11) is -10.1. The summed E-state index contributed by atoms with van der Waals surface area (Å²) in [5, 5.41) is 0. The van der Waals surface area contributed by atoms with Gasteiger partial charge in [-0.3, -0.25) is 0 Å². The van der Waals surface area contributed by atoms with Crippen LogP contribution in [0, 0.1) is 0 Å². The van der Waals surface area contributed by atoms with Crippen LogP contribution in [-0.4, -0.2) is 111 Å². The second-order valence-corrected chi connectivity index (χ2v) is 3.68. The van der Waals surface area contributed by atoms with Crippen LogP contribution in [0.5, 0.6) is 0 Å². The summed E-state index contributed by atoms with van der Waals surface area (Å²) >= 11 is 0. The molecular weight excluding hydrogens is 349 g/mol. The minimum absolute atomic E-state index is 0. The summed E-state index contributed by atoms with van der Waals surface area (Å²) in [6.45, 7) is 0. The van der Waals surface area contributed by atoms with Crippen LogP contribution in [0.3, 0.4) is 0 Å². The molecule has 11 heteroatoms. The molecule has 0 aromatic rings. The maximum atomic E-state index is 9.63. The average Bonchev–Trinajstić information content (AvgIpc) is 1.14. The first-order valence-electron chi connectivity index (χ1n) is 1.53. The van der Waals surface area contributed by atoms with Gasteiger partial charge in [-0.15, -0.1) is 0 Å². The zero-order valence-corrected chi connectivity index (χ0v) is 14.1. The first-order valence-corrected chi connectivity index (χ1v) is 4.59. The average molecular weight is 353 g/mol. The fraction of sp³-hybridized carbons (Fsp3) is 0. The predicted molar refractivity (Wildman–Crippen MR) is 36.7 cm³/mol. The number of rotatable bonds is 2. The molecule has 0 saturated heterocycles. The van der Waals surface area contributed by atoms with Crippen molar-refractivity contribution in [1.29, 1.82) is 0 Å². The van der Waals surface area contributed by atoms with Gasteiger partial charge in [-0.2, -0.15) is 4.31 Å². The Bertz CT molecular complexity index is 155. The Labute approximate surface area is 137 Å². The normalized spacial score (nSPS) is 11.3. The molecule has 0 heterocycles. The fourth-order valence-corrected chi connectivity index (χ4v) is 1.25. The van der Waals surface area contributed by atoms with Crippen LogP contribution in [0.4, 0.5) is 0 Å². The molecule has 0 saturated carbocycles. The smallest absolute Gasteiger partial charge is 0.302 e. The van der Waals surface area contributed by atoms with Crippen LogP contribution in [0.15, 0.2) is 0 Å². The Morgan fingerprint density at radius 3 is 1.00 bits per heavy atom. The summed E-state index contributed by atoms with van der Waals surface area (Å²) in [6, 6.07) is 0. The maximum absolute atomic E-state index is 9.63. The minimum atomic E-state index is -5.05. The molecule has 0 bridgehead atoms. The van der Waals surface area contributed by atoms with Crippen LogP contribution in [0.25, 0.3) is 0 Å². The van der Waals surface area contributed by atoms with Crippen molar-refractivity contribution >= 4 is 107 Å². The van der Waals surface area contributed by atoms with Crippen LogP contribution < -0.4 is 0 Å². The number of phosphoric acid groups is 2. The molecule has 0 aliphatic rings. The molecule has 11 heavy (non-hydrogen) atoms. The van der Waals surface area contributed by atoms with Crippen LogP contribution in [0.1, 0.15) is 0 Å². The topological polar surface area (TPSA) is 124 Å². The van der Waals surface area contributed by atoms with E-state index in [0.717, 1.165) is 0 Å². The molecule has 0 radical (unpaired) electrons. The van der Waals surface area contributed by atoms with E-state index in [0.29, 0.717) is 0 Å². The quantitative estimate of drug-likeness (QED) is 0.349. The van der Waals surface area contributed by atoms with Crippen molar-refractivity contribution in [3.05, 3.63) is 0 Å². The molecule has 0 aliphatic carbocycles. The summed E-state index contributed by atoms with van der Waals surface area (Å²) in [5.74, 6) is 0. The zero-order chi connectivity index (χ0) is 7.71. The van der Waals surface area contributed by atoms with Gasteiger partial charge in [0.1, 0.15) is 0 Å². The van der Waals surface area contributed by atoms with E-state index in [9.17, 15) is 9.13 Å². The monoisotopic (exact) mass is 354 g/mol. The van der Waals surface area contributed by atoms with Crippen LogP contribution in [0.2, 0.25) is 0 Å². The Hall–Kier alpha value is 3.22. The van der Waals surface area contributed by atoms with E-state index >= 15 is 0 Å². The van der Waals surface area contributed by atoms with Crippen molar-refractivity contribution in [3.8, 4) is 0 Å². The van der Waals surface area contributed by atoms with Gasteiger partial charge in [0.2, 0.25) is 0 Å². The molecule has 0 atom stereocenters. The van der Waals surface area contributed by atoms with E-state index in [1.165, 1.54) is 0 Å². The zero-order valence-electron chi connectivity index (χ0n) is 5.32. The fourth-order valence-electron chi connectivity index (χ4n) is 0.139. The van der Waals surface area contributed by atoms with Crippen molar-refractivity contribution in [2.45, 2.75) is 0 Å². The van der Waals surface area contributed by atoms with E-state index in [4.69, 9.17) is 19.6 Å². The van der Waals surface area contributed by atoms with Crippen molar-refractivity contribution in [2.75, 3.05) is 0 Å². The Morgan fingerprint density at radius 2 is 1.00 bits per heavy atom. The molecule has 0 fully saturated rings. The Kier molecular flexibility index (Phi) is 13.5. The summed E-state index contributed by atoms with van der Waals surface area (Å²) in [5.41, 5.74) is 0. The Morgan fingerprint density at radius 1 is 0.818 bits per heavy atom. The number of hydrogen-bond donors (Lipinski definition) is 4. The van der Waals surface area contributed by atoms with Gasteiger partial charge in [-0.05, 0) is 0 Å². The third kappa shape index (κ3) is 19.6. The van der Waals surface area contributed by atoms with Crippen LogP contribution in [-0.2, 0) is 13.4 Å². The van der Waals surface area contributed by atoms with Gasteiger partial charge in [0.05, 0.1) is 0 Å².